The summed E-state index contributed by atoms with van der Waals surface area (Å²) in [4.78, 5) is 29.6. The van der Waals surface area contributed by atoms with Gasteiger partial charge in [0, 0.05) is 32.1 Å². The van der Waals surface area contributed by atoms with Crippen molar-refractivity contribution in [3.63, 3.8) is 0 Å². The smallest absolute Gasteiger partial charge is 0.407 e. The first kappa shape index (κ1) is 33.2. The minimum absolute atomic E-state index is 0.0755. The molecule has 0 saturated heterocycles. The summed E-state index contributed by atoms with van der Waals surface area (Å²) in [6.07, 6.45) is -0.0394. The predicted molar refractivity (Wildman–Crippen MR) is 183 cm³/mol. The molecule has 0 radical (unpaired) electrons. The topological polar surface area (TPSA) is 77.1 Å². The minimum Gasteiger partial charge on any atom is -0.449 e. The zero-order valence-corrected chi connectivity index (χ0v) is 27.4. The summed E-state index contributed by atoms with van der Waals surface area (Å²) >= 11 is 0. The van der Waals surface area contributed by atoms with E-state index in [2.05, 4.69) is 67.7 Å². The van der Waals surface area contributed by atoms with E-state index < -0.39 is 18.4 Å². The van der Waals surface area contributed by atoms with Crippen molar-refractivity contribution in [2.45, 2.75) is 58.8 Å². The summed E-state index contributed by atoms with van der Waals surface area (Å²) in [5, 5.41) is 5.16. The molecule has 4 aromatic rings. The average Bonchev–Trinajstić information content (AvgIpc) is 3.38. The molecule has 0 aromatic heterocycles. The number of ether oxygens (including phenoxy) is 3. The van der Waals surface area contributed by atoms with E-state index >= 15 is 0 Å². The summed E-state index contributed by atoms with van der Waals surface area (Å²) in [7, 11) is 0. The van der Waals surface area contributed by atoms with E-state index in [0.29, 0.717) is 32.1 Å². The number of carbonyl (C=O) groups excluding carboxylic acids is 2. The van der Waals surface area contributed by atoms with Gasteiger partial charge in [-0.25, -0.2) is 4.79 Å². The van der Waals surface area contributed by atoms with E-state index in [4.69, 9.17) is 14.2 Å². The summed E-state index contributed by atoms with van der Waals surface area (Å²) in [5.41, 5.74) is 5.55. The Morgan fingerprint density at radius 2 is 1.41 bits per heavy atom. The van der Waals surface area contributed by atoms with Crippen LogP contribution in [0.3, 0.4) is 0 Å². The predicted octanol–water partition coefficient (Wildman–Crippen LogP) is 7.56. The van der Waals surface area contributed by atoms with E-state index in [9.17, 15) is 9.59 Å². The average molecular weight is 623 g/mol. The first-order chi connectivity index (χ1) is 22.4. The number of hydrogen-bond acceptors (Lipinski definition) is 5. The van der Waals surface area contributed by atoms with Crippen LogP contribution < -0.4 is 5.32 Å². The molecule has 0 spiro atoms. The Bertz CT molecular complexity index is 1570. The molecule has 0 saturated carbocycles. The van der Waals surface area contributed by atoms with Crippen molar-refractivity contribution in [2.24, 2.45) is 5.92 Å². The molecule has 7 heteroatoms. The van der Waals surface area contributed by atoms with Gasteiger partial charge in [0.1, 0.15) is 12.6 Å². The second-order valence-electron chi connectivity index (χ2n) is 12.2. The van der Waals surface area contributed by atoms with Gasteiger partial charge in [0.15, 0.2) is 6.29 Å². The molecule has 1 unspecified atom stereocenters. The Morgan fingerprint density at radius 3 is 2.04 bits per heavy atom. The lowest BCUT2D eigenvalue weighted by molar-refractivity contribution is -0.160. The maximum Gasteiger partial charge on any atom is 0.407 e. The van der Waals surface area contributed by atoms with Crippen molar-refractivity contribution in [3.05, 3.63) is 108 Å². The molecule has 242 valence electrons. The molecule has 7 nitrogen and oxygen atoms in total. The first-order valence-electron chi connectivity index (χ1n) is 16.5. The van der Waals surface area contributed by atoms with Gasteiger partial charge >= 0.3 is 6.09 Å². The molecule has 46 heavy (non-hydrogen) atoms. The van der Waals surface area contributed by atoms with Crippen LogP contribution in [0.2, 0.25) is 0 Å². The monoisotopic (exact) mass is 622 g/mol. The highest BCUT2D eigenvalue weighted by atomic mass is 16.7. The summed E-state index contributed by atoms with van der Waals surface area (Å²) in [6.45, 7) is 9.98. The fraction of sp³-hybridized carbons (Fsp3) is 0.385. The number of fused-ring (bicyclic) bond motifs is 4. The summed E-state index contributed by atoms with van der Waals surface area (Å²) < 4.78 is 17.5. The molecule has 4 aromatic carbocycles. The van der Waals surface area contributed by atoms with Crippen LogP contribution in [0.1, 0.15) is 56.7 Å². The SMILES string of the molecule is CCOC(CN(CCC(C)C)C(=O)C(Cc1ccc2ccccc2c1)NC(=O)OCC1c2ccccc2-c2ccccc21)OCC. The number of nitrogens with one attached hydrogen (secondary N) is 1. The van der Waals surface area contributed by atoms with Gasteiger partial charge in [-0.1, -0.05) is 105 Å². The standard InChI is InChI=1S/C39H46N2O5/c1-5-44-37(45-6-2)25-41(22-21-27(3)4)38(42)36(24-28-19-20-29-13-7-8-14-30(29)23-28)40-39(43)46-26-35-33-17-11-9-15-31(33)32-16-10-12-18-34(32)35/h7-20,23,27,35-37H,5-6,21-22,24-26H2,1-4H3,(H,40,43). The number of rotatable bonds is 15. The molecule has 0 heterocycles. The van der Waals surface area contributed by atoms with E-state index in [1.165, 1.54) is 0 Å². The van der Waals surface area contributed by atoms with E-state index in [-0.39, 0.29) is 25.0 Å². The highest BCUT2D eigenvalue weighted by Gasteiger charge is 2.32. The van der Waals surface area contributed by atoms with Crippen LogP contribution in [-0.4, -0.2) is 62.1 Å². The van der Waals surface area contributed by atoms with Crippen LogP contribution >= 0.6 is 0 Å². The zero-order chi connectivity index (χ0) is 32.5. The summed E-state index contributed by atoms with van der Waals surface area (Å²) in [5.74, 6) is 0.127. The van der Waals surface area contributed by atoms with E-state index in [1.807, 2.05) is 56.3 Å². The lowest BCUT2D eigenvalue weighted by Gasteiger charge is -2.31. The third-order valence-electron chi connectivity index (χ3n) is 8.55. The molecular formula is C39H46N2O5. The third kappa shape index (κ3) is 8.14. The lowest BCUT2D eigenvalue weighted by atomic mass is 9.98. The van der Waals surface area contributed by atoms with Crippen LogP contribution in [0, 0.1) is 5.92 Å². The van der Waals surface area contributed by atoms with Crippen LogP contribution in [0.15, 0.2) is 91.0 Å². The Labute approximate surface area is 272 Å². The molecule has 5 rings (SSSR count). The Hall–Kier alpha value is -4.20. The van der Waals surface area contributed by atoms with Crippen molar-refractivity contribution in [2.75, 3.05) is 32.9 Å². The normalized spacial score (nSPS) is 13.1. The van der Waals surface area contributed by atoms with Crippen molar-refractivity contribution in [1.82, 2.24) is 10.2 Å². The Morgan fingerprint density at radius 1 is 0.804 bits per heavy atom. The highest BCUT2D eigenvalue weighted by molar-refractivity contribution is 5.87. The van der Waals surface area contributed by atoms with Gasteiger partial charge in [-0.15, -0.1) is 0 Å². The largest absolute Gasteiger partial charge is 0.449 e. The van der Waals surface area contributed by atoms with Gasteiger partial charge in [-0.05, 0) is 64.8 Å². The highest BCUT2D eigenvalue weighted by Crippen LogP contribution is 2.44. The molecule has 1 N–H and O–H groups in total. The number of nitrogens with zero attached hydrogens (tertiary/aromatic N) is 1. The second-order valence-corrected chi connectivity index (χ2v) is 12.2. The van der Waals surface area contributed by atoms with Crippen LogP contribution in [0.5, 0.6) is 0 Å². The number of carbonyl (C=O) groups is 2. The molecular weight excluding hydrogens is 576 g/mol. The van der Waals surface area contributed by atoms with Gasteiger partial charge in [-0.3, -0.25) is 4.79 Å². The number of amides is 2. The van der Waals surface area contributed by atoms with Crippen molar-refractivity contribution in [1.29, 1.82) is 0 Å². The maximum atomic E-state index is 14.3. The number of hydrogen-bond donors (Lipinski definition) is 1. The quantitative estimate of drug-likeness (QED) is 0.139. The van der Waals surface area contributed by atoms with Gasteiger partial charge in [0.25, 0.3) is 0 Å². The lowest BCUT2D eigenvalue weighted by Crippen LogP contribution is -2.52. The fourth-order valence-electron chi connectivity index (χ4n) is 6.22. The second kappa shape index (κ2) is 15.9. The zero-order valence-electron chi connectivity index (χ0n) is 27.4. The van der Waals surface area contributed by atoms with Crippen molar-refractivity contribution >= 4 is 22.8 Å². The molecule has 1 aliphatic carbocycles. The van der Waals surface area contributed by atoms with Crippen LogP contribution in [0.4, 0.5) is 4.79 Å². The van der Waals surface area contributed by atoms with Crippen molar-refractivity contribution in [3.8, 4) is 11.1 Å². The molecule has 2 amide bonds. The minimum atomic E-state index is -0.840. The number of benzene rings is 4. The van der Waals surface area contributed by atoms with Crippen LogP contribution in [-0.2, 0) is 25.4 Å². The number of alkyl carbamates (subject to hydrolysis) is 1. The summed E-state index contributed by atoms with van der Waals surface area (Å²) in [6, 6.07) is 29.9. The molecule has 0 fully saturated rings. The van der Waals surface area contributed by atoms with E-state index in [1.54, 1.807) is 4.90 Å². The van der Waals surface area contributed by atoms with Gasteiger partial charge in [0.05, 0.1) is 6.54 Å². The molecule has 0 aliphatic heterocycles. The Balaban J connectivity index is 1.37. The first-order valence-corrected chi connectivity index (χ1v) is 16.5. The molecule has 0 bridgehead atoms. The maximum absolute atomic E-state index is 14.3. The molecule has 1 aliphatic rings. The van der Waals surface area contributed by atoms with Gasteiger partial charge in [0.2, 0.25) is 5.91 Å². The fourth-order valence-corrected chi connectivity index (χ4v) is 6.22. The Kier molecular flexibility index (Phi) is 11.4. The van der Waals surface area contributed by atoms with Crippen molar-refractivity contribution < 1.29 is 23.8 Å². The third-order valence-corrected chi connectivity index (χ3v) is 8.55. The van der Waals surface area contributed by atoms with Gasteiger partial charge < -0.3 is 24.4 Å². The van der Waals surface area contributed by atoms with Crippen LogP contribution in [0.25, 0.3) is 21.9 Å². The molecule has 1 atom stereocenters. The van der Waals surface area contributed by atoms with Gasteiger partial charge in [-0.2, -0.15) is 0 Å². The van der Waals surface area contributed by atoms with E-state index in [0.717, 1.165) is 45.0 Å².